The highest BCUT2D eigenvalue weighted by atomic mass is 32.2. The van der Waals surface area contributed by atoms with Gasteiger partial charge in [-0.1, -0.05) is 0 Å². The van der Waals surface area contributed by atoms with E-state index >= 15 is 0 Å². The van der Waals surface area contributed by atoms with Gasteiger partial charge in [0, 0.05) is 15.8 Å². The first-order valence-corrected chi connectivity index (χ1v) is 8.24. The van der Waals surface area contributed by atoms with Crippen LogP contribution >= 0.6 is 11.3 Å². The topological polar surface area (TPSA) is 75.6 Å². The molecule has 1 aromatic carbocycles. The van der Waals surface area contributed by atoms with Gasteiger partial charge in [-0.25, -0.2) is 12.8 Å². The van der Waals surface area contributed by atoms with Crippen molar-refractivity contribution in [2.24, 2.45) is 0 Å². The lowest BCUT2D eigenvalue weighted by Gasteiger charge is -2.09. The van der Waals surface area contributed by atoms with Crippen LogP contribution in [0.5, 0.6) is 5.75 Å². The SMILES string of the molecule is COc1cc(NS(=O)(=O)c2cc(CO)sc2C)ccc1F. The van der Waals surface area contributed by atoms with Gasteiger partial charge in [0.1, 0.15) is 4.90 Å². The van der Waals surface area contributed by atoms with Crippen LogP contribution < -0.4 is 9.46 Å². The minimum Gasteiger partial charge on any atom is -0.494 e. The number of ether oxygens (including phenoxy) is 1. The molecular formula is C13H14FNO4S2. The van der Waals surface area contributed by atoms with E-state index in [0.717, 1.165) is 6.07 Å². The molecule has 0 saturated heterocycles. The van der Waals surface area contributed by atoms with Gasteiger partial charge in [0.25, 0.3) is 10.0 Å². The molecule has 8 heteroatoms. The monoisotopic (exact) mass is 331 g/mol. The molecule has 0 aliphatic heterocycles. The van der Waals surface area contributed by atoms with E-state index in [0.29, 0.717) is 9.75 Å². The van der Waals surface area contributed by atoms with Crippen LogP contribution in [0.2, 0.25) is 0 Å². The number of rotatable bonds is 5. The third kappa shape index (κ3) is 3.34. The smallest absolute Gasteiger partial charge is 0.263 e. The highest BCUT2D eigenvalue weighted by Crippen LogP contribution is 2.29. The zero-order valence-corrected chi connectivity index (χ0v) is 13.0. The summed E-state index contributed by atoms with van der Waals surface area (Å²) in [5.41, 5.74) is 0.199. The Morgan fingerprint density at radius 2 is 2.10 bits per heavy atom. The first-order chi connectivity index (χ1) is 9.87. The van der Waals surface area contributed by atoms with E-state index in [2.05, 4.69) is 4.72 Å². The van der Waals surface area contributed by atoms with Gasteiger partial charge in [-0.2, -0.15) is 0 Å². The summed E-state index contributed by atoms with van der Waals surface area (Å²) in [5, 5.41) is 9.07. The van der Waals surface area contributed by atoms with Crippen molar-refractivity contribution < 1.29 is 22.7 Å². The second-order valence-electron chi connectivity index (χ2n) is 4.25. The predicted molar refractivity (Wildman–Crippen MR) is 78.7 cm³/mol. The van der Waals surface area contributed by atoms with E-state index in [-0.39, 0.29) is 22.9 Å². The lowest BCUT2D eigenvalue weighted by Crippen LogP contribution is -2.13. The second kappa shape index (κ2) is 6.00. The molecule has 0 unspecified atom stereocenters. The number of aliphatic hydroxyl groups excluding tert-OH is 1. The first-order valence-electron chi connectivity index (χ1n) is 5.94. The van der Waals surface area contributed by atoms with Gasteiger partial charge in [-0.05, 0) is 25.1 Å². The normalized spacial score (nSPS) is 11.4. The summed E-state index contributed by atoms with van der Waals surface area (Å²) in [4.78, 5) is 1.23. The van der Waals surface area contributed by atoms with Gasteiger partial charge in [0.2, 0.25) is 0 Å². The van der Waals surface area contributed by atoms with E-state index < -0.39 is 15.8 Å². The summed E-state index contributed by atoms with van der Waals surface area (Å²) in [5.74, 6) is -0.622. The Labute approximate surface area is 126 Å². The van der Waals surface area contributed by atoms with Gasteiger partial charge in [0.15, 0.2) is 11.6 Å². The molecule has 0 atom stereocenters. The fourth-order valence-corrected chi connectivity index (χ4v) is 4.35. The molecule has 0 saturated carbocycles. The molecule has 0 aliphatic carbocycles. The maximum atomic E-state index is 13.3. The number of hydrogen-bond donors (Lipinski definition) is 2. The number of halogens is 1. The number of hydrogen-bond acceptors (Lipinski definition) is 5. The maximum absolute atomic E-state index is 13.3. The number of aliphatic hydroxyl groups is 1. The van der Waals surface area contributed by atoms with Crippen LogP contribution in [-0.4, -0.2) is 20.6 Å². The molecule has 1 aromatic heterocycles. The third-order valence-electron chi connectivity index (χ3n) is 2.77. The Morgan fingerprint density at radius 3 is 2.67 bits per heavy atom. The van der Waals surface area contributed by atoms with Crippen molar-refractivity contribution in [1.82, 2.24) is 0 Å². The molecule has 2 rings (SSSR count). The van der Waals surface area contributed by atoms with Crippen LogP contribution in [0.1, 0.15) is 9.75 Å². The number of benzene rings is 1. The first kappa shape index (κ1) is 15.7. The fourth-order valence-electron chi connectivity index (χ4n) is 1.80. The molecule has 2 N–H and O–H groups in total. The van der Waals surface area contributed by atoms with Crippen LogP contribution in [0.3, 0.4) is 0 Å². The Morgan fingerprint density at radius 1 is 1.38 bits per heavy atom. The molecule has 0 amide bonds. The second-order valence-corrected chi connectivity index (χ2v) is 7.24. The molecule has 0 bridgehead atoms. The highest BCUT2D eigenvalue weighted by Gasteiger charge is 2.20. The van der Waals surface area contributed by atoms with Crippen molar-refractivity contribution in [2.75, 3.05) is 11.8 Å². The lowest BCUT2D eigenvalue weighted by atomic mass is 10.3. The number of aryl methyl sites for hydroxylation is 1. The van der Waals surface area contributed by atoms with Crippen LogP contribution in [0.25, 0.3) is 0 Å². The van der Waals surface area contributed by atoms with Gasteiger partial charge >= 0.3 is 0 Å². The average Bonchev–Trinajstić information content (AvgIpc) is 2.83. The Hall–Kier alpha value is -1.64. The molecule has 114 valence electrons. The van der Waals surface area contributed by atoms with E-state index in [1.807, 2.05) is 0 Å². The van der Waals surface area contributed by atoms with E-state index in [4.69, 9.17) is 9.84 Å². The minimum atomic E-state index is -3.80. The number of thiophene rings is 1. The van der Waals surface area contributed by atoms with Gasteiger partial charge in [-0.3, -0.25) is 4.72 Å². The zero-order chi connectivity index (χ0) is 15.6. The van der Waals surface area contributed by atoms with E-state index in [9.17, 15) is 12.8 Å². The average molecular weight is 331 g/mol. The molecular weight excluding hydrogens is 317 g/mol. The van der Waals surface area contributed by atoms with Crippen molar-refractivity contribution >= 4 is 27.0 Å². The molecule has 0 spiro atoms. The zero-order valence-electron chi connectivity index (χ0n) is 11.4. The number of sulfonamides is 1. The van der Waals surface area contributed by atoms with Crippen molar-refractivity contribution in [3.63, 3.8) is 0 Å². The fraction of sp³-hybridized carbons (Fsp3) is 0.231. The number of nitrogens with one attached hydrogen (secondary N) is 1. The van der Waals surface area contributed by atoms with Gasteiger partial charge < -0.3 is 9.84 Å². The summed E-state index contributed by atoms with van der Waals surface area (Å²) in [6, 6.07) is 5.12. The van der Waals surface area contributed by atoms with Gasteiger partial charge in [0.05, 0.1) is 19.4 Å². The summed E-state index contributed by atoms with van der Waals surface area (Å²) in [6.45, 7) is 1.44. The van der Waals surface area contributed by atoms with Crippen LogP contribution in [0, 0.1) is 12.7 Å². The Bertz CT molecular complexity index is 756. The summed E-state index contributed by atoms with van der Waals surface area (Å²) >= 11 is 1.21. The predicted octanol–water partition coefficient (Wildman–Crippen LogP) is 2.50. The quantitative estimate of drug-likeness (QED) is 0.883. The van der Waals surface area contributed by atoms with Crippen molar-refractivity contribution in [3.05, 3.63) is 39.8 Å². The largest absolute Gasteiger partial charge is 0.494 e. The summed E-state index contributed by atoms with van der Waals surface area (Å²) in [6.07, 6.45) is 0. The van der Waals surface area contributed by atoms with Gasteiger partial charge in [-0.15, -0.1) is 11.3 Å². The molecule has 5 nitrogen and oxygen atoms in total. The Balaban J connectivity index is 2.35. The van der Waals surface area contributed by atoms with Crippen molar-refractivity contribution in [3.8, 4) is 5.75 Å². The minimum absolute atomic E-state index is 0.0479. The number of anilines is 1. The molecule has 0 fully saturated rings. The Kier molecular flexibility index (Phi) is 4.50. The van der Waals surface area contributed by atoms with Crippen molar-refractivity contribution in [1.29, 1.82) is 0 Å². The van der Waals surface area contributed by atoms with E-state index in [1.165, 1.54) is 36.6 Å². The standard InChI is InChI=1S/C13H14FNO4S2/c1-8-13(6-10(7-16)20-8)21(17,18)15-9-3-4-11(14)12(5-9)19-2/h3-6,15-16H,7H2,1-2H3. The van der Waals surface area contributed by atoms with Crippen LogP contribution in [0.4, 0.5) is 10.1 Å². The van der Waals surface area contributed by atoms with Crippen LogP contribution in [0.15, 0.2) is 29.2 Å². The molecule has 21 heavy (non-hydrogen) atoms. The van der Waals surface area contributed by atoms with E-state index in [1.54, 1.807) is 6.92 Å². The number of methoxy groups -OCH3 is 1. The maximum Gasteiger partial charge on any atom is 0.263 e. The van der Waals surface area contributed by atoms with Crippen LogP contribution in [-0.2, 0) is 16.6 Å². The molecule has 1 heterocycles. The lowest BCUT2D eigenvalue weighted by molar-refractivity contribution is 0.285. The summed E-state index contributed by atoms with van der Waals surface area (Å²) in [7, 11) is -2.50. The van der Waals surface area contributed by atoms with Crippen molar-refractivity contribution in [2.45, 2.75) is 18.4 Å². The molecule has 0 aliphatic rings. The molecule has 0 radical (unpaired) electrons. The third-order valence-corrected chi connectivity index (χ3v) is 5.44. The highest BCUT2D eigenvalue weighted by molar-refractivity contribution is 7.93. The molecule has 2 aromatic rings. The summed E-state index contributed by atoms with van der Waals surface area (Å²) < 4.78 is 45.1.